The Morgan fingerprint density at radius 3 is 2.73 bits per heavy atom. The fourth-order valence-electron chi connectivity index (χ4n) is 2.24. The summed E-state index contributed by atoms with van der Waals surface area (Å²) in [5, 5.41) is 18.9. The number of nitrogens with zero attached hydrogens (tertiary/aromatic N) is 1. The minimum absolute atomic E-state index is 0.249. The SMILES string of the molecule is O[C@@H]1CCN2CCCC2[C@@H]1O. The lowest BCUT2D eigenvalue weighted by Crippen LogP contribution is -2.51. The summed E-state index contributed by atoms with van der Waals surface area (Å²) in [5.41, 5.74) is 0. The molecule has 0 amide bonds. The van der Waals surface area contributed by atoms with Crippen molar-refractivity contribution in [2.45, 2.75) is 37.5 Å². The van der Waals surface area contributed by atoms with Gasteiger partial charge in [-0.1, -0.05) is 0 Å². The molecule has 3 nitrogen and oxygen atoms in total. The number of hydrogen-bond acceptors (Lipinski definition) is 3. The van der Waals surface area contributed by atoms with E-state index in [0.29, 0.717) is 0 Å². The number of piperidine rings is 1. The molecule has 0 aromatic rings. The van der Waals surface area contributed by atoms with Crippen molar-refractivity contribution in [1.29, 1.82) is 0 Å². The van der Waals surface area contributed by atoms with E-state index in [9.17, 15) is 10.2 Å². The summed E-state index contributed by atoms with van der Waals surface area (Å²) in [6.07, 6.45) is 1.99. The van der Waals surface area contributed by atoms with Crippen LogP contribution in [0.15, 0.2) is 0 Å². The maximum atomic E-state index is 9.56. The lowest BCUT2D eigenvalue weighted by atomic mass is 9.97. The lowest BCUT2D eigenvalue weighted by Gasteiger charge is -2.36. The molecule has 64 valence electrons. The van der Waals surface area contributed by atoms with Crippen molar-refractivity contribution in [3.05, 3.63) is 0 Å². The van der Waals surface area contributed by atoms with E-state index in [4.69, 9.17) is 0 Å². The van der Waals surface area contributed by atoms with Gasteiger partial charge in [0.1, 0.15) is 0 Å². The molecule has 0 radical (unpaired) electrons. The molecule has 2 N–H and O–H groups in total. The van der Waals surface area contributed by atoms with Gasteiger partial charge >= 0.3 is 0 Å². The normalized spacial score (nSPS) is 45.8. The van der Waals surface area contributed by atoms with E-state index in [1.54, 1.807) is 0 Å². The maximum Gasteiger partial charge on any atom is 0.0954 e. The highest BCUT2D eigenvalue weighted by molar-refractivity contribution is 4.92. The average Bonchev–Trinajstić information content (AvgIpc) is 2.45. The summed E-state index contributed by atoms with van der Waals surface area (Å²) in [5.74, 6) is 0. The van der Waals surface area contributed by atoms with Gasteiger partial charge in [-0.3, -0.25) is 4.90 Å². The highest BCUT2D eigenvalue weighted by Gasteiger charge is 2.38. The van der Waals surface area contributed by atoms with Gasteiger partial charge < -0.3 is 10.2 Å². The highest BCUT2D eigenvalue weighted by Crippen LogP contribution is 2.26. The second-order valence-corrected chi connectivity index (χ2v) is 3.59. The molecule has 2 fully saturated rings. The van der Waals surface area contributed by atoms with E-state index in [1.165, 1.54) is 6.42 Å². The van der Waals surface area contributed by atoms with Gasteiger partial charge in [0.05, 0.1) is 12.2 Å². The first-order valence-electron chi connectivity index (χ1n) is 4.39. The molecule has 2 aliphatic rings. The van der Waals surface area contributed by atoms with E-state index >= 15 is 0 Å². The molecule has 0 bridgehead atoms. The topological polar surface area (TPSA) is 43.7 Å². The zero-order valence-electron chi connectivity index (χ0n) is 6.61. The van der Waals surface area contributed by atoms with Crippen LogP contribution >= 0.6 is 0 Å². The second kappa shape index (κ2) is 2.73. The summed E-state index contributed by atoms with van der Waals surface area (Å²) in [7, 11) is 0. The highest BCUT2D eigenvalue weighted by atomic mass is 16.3. The second-order valence-electron chi connectivity index (χ2n) is 3.59. The quantitative estimate of drug-likeness (QED) is 0.502. The van der Waals surface area contributed by atoms with E-state index in [2.05, 4.69) is 4.90 Å². The Morgan fingerprint density at radius 1 is 1.09 bits per heavy atom. The summed E-state index contributed by atoms with van der Waals surface area (Å²) in [6, 6.07) is 0.249. The van der Waals surface area contributed by atoms with Gasteiger partial charge in [-0.05, 0) is 25.8 Å². The number of aliphatic hydroxyl groups is 2. The van der Waals surface area contributed by atoms with Crippen LogP contribution in [-0.2, 0) is 0 Å². The Kier molecular flexibility index (Phi) is 1.87. The van der Waals surface area contributed by atoms with Crippen molar-refractivity contribution in [2.75, 3.05) is 13.1 Å². The molecular weight excluding hydrogens is 142 g/mol. The molecule has 3 atom stereocenters. The molecule has 2 aliphatic heterocycles. The van der Waals surface area contributed by atoms with Crippen LogP contribution in [0.5, 0.6) is 0 Å². The van der Waals surface area contributed by atoms with Crippen molar-refractivity contribution < 1.29 is 10.2 Å². The monoisotopic (exact) mass is 157 g/mol. The van der Waals surface area contributed by atoms with Gasteiger partial charge in [0.15, 0.2) is 0 Å². The van der Waals surface area contributed by atoms with Gasteiger partial charge in [0.25, 0.3) is 0 Å². The Morgan fingerprint density at radius 2 is 1.91 bits per heavy atom. The average molecular weight is 157 g/mol. The maximum absolute atomic E-state index is 9.56. The molecule has 1 unspecified atom stereocenters. The van der Waals surface area contributed by atoms with Crippen LogP contribution in [0.1, 0.15) is 19.3 Å². The molecule has 2 rings (SSSR count). The number of hydrogen-bond donors (Lipinski definition) is 2. The Balaban J connectivity index is 2.06. The van der Waals surface area contributed by atoms with Crippen LogP contribution in [0.3, 0.4) is 0 Å². The van der Waals surface area contributed by atoms with Crippen LogP contribution < -0.4 is 0 Å². The molecule has 2 saturated heterocycles. The van der Waals surface area contributed by atoms with Crippen molar-refractivity contribution in [2.24, 2.45) is 0 Å². The first kappa shape index (κ1) is 7.53. The summed E-state index contributed by atoms with van der Waals surface area (Å²) in [6.45, 7) is 2.07. The predicted octanol–water partition coefficient (Wildman–Crippen LogP) is -0.424. The first-order chi connectivity index (χ1) is 5.29. The molecule has 0 aromatic carbocycles. The van der Waals surface area contributed by atoms with E-state index in [-0.39, 0.29) is 6.04 Å². The number of rotatable bonds is 0. The zero-order valence-corrected chi connectivity index (χ0v) is 6.61. The third-order valence-corrected chi connectivity index (χ3v) is 2.91. The minimum Gasteiger partial charge on any atom is -0.390 e. The molecule has 0 aliphatic carbocycles. The molecule has 11 heavy (non-hydrogen) atoms. The largest absolute Gasteiger partial charge is 0.390 e. The van der Waals surface area contributed by atoms with Gasteiger partial charge in [-0.2, -0.15) is 0 Å². The molecule has 0 spiro atoms. The summed E-state index contributed by atoms with van der Waals surface area (Å²) in [4.78, 5) is 2.29. The van der Waals surface area contributed by atoms with Crippen LogP contribution in [-0.4, -0.2) is 46.5 Å². The standard InChI is InChI=1S/C8H15NO2/c10-7-3-5-9-4-1-2-6(9)8(7)11/h6-8,10-11H,1-5H2/t6?,7-,8+/m1/s1. The van der Waals surface area contributed by atoms with Crippen LogP contribution in [0, 0.1) is 0 Å². The van der Waals surface area contributed by atoms with Crippen molar-refractivity contribution in [3.63, 3.8) is 0 Å². The Hall–Kier alpha value is -0.120. The summed E-state index contributed by atoms with van der Waals surface area (Å²) >= 11 is 0. The van der Waals surface area contributed by atoms with E-state index < -0.39 is 12.2 Å². The molecule has 0 saturated carbocycles. The smallest absolute Gasteiger partial charge is 0.0954 e. The molecule has 0 aromatic heterocycles. The van der Waals surface area contributed by atoms with Crippen molar-refractivity contribution >= 4 is 0 Å². The van der Waals surface area contributed by atoms with E-state index in [1.807, 2.05) is 0 Å². The molecule has 2 heterocycles. The number of fused-ring (bicyclic) bond motifs is 1. The third-order valence-electron chi connectivity index (χ3n) is 2.91. The third kappa shape index (κ3) is 1.17. The molecule has 3 heteroatoms. The lowest BCUT2D eigenvalue weighted by molar-refractivity contribution is -0.0627. The van der Waals surface area contributed by atoms with Gasteiger partial charge in [-0.25, -0.2) is 0 Å². The molecular formula is C8H15NO2. The summed E-state index contributed by atoms with van der Waals surface area (Å²) < 4.78 is 0. The number of aliphatic hydroxyl groups excluding tert-OH is 2. The van der Waals surface area contributed by atoms with Crippen LogP contribution in [0.2, 0.25) is 0 Å². The van der Waals surface area contributed by atoms with Gasteiger partial charge in [0.2, 0.25) is 0 Å². The van der Waals surface area contributed by atoms with Crippen LogP contribution in [0.25, 0.3) is 0 Å². The Bertz CT molecular complexity index is 151. The first-order valence-corrected chi connectivity index (χ1v) is 4.39. The fourth-order valence-corrected chi connectivity index (χ4v) is 2.24. The Labute approximate surface area is 66.6 Å². The van der Waals surface area contributed by atoms with Gasteiger partial charge in [-0.15, -0.1) is 0 Å². The van der Waals surface area contributed by atoms with Gasteiger partial charge in [0, 0.05) is 12.6 Å². The van der Waals surface area contributed by atoms with Crippen LogP contribution in [0.4, 0.5) is 0 Å². The van der Waals surface area contributed by atoms with E-state index in [0.717, 1.165) is 25.9 Å². The predicted molar refractivity (Wildman–Crippen MR) is 41.2 cm³/mol. The zero-order chi connectivity index (χ0) is 7.84. The van der Waals surface area contributed by atoms with Crippen molar-refractivity contribution in [1.82, 2.24) is 4.90 Å². The fraction of sp³-hybridized carbons (Fsp3) is 1.00. The van der Waals surface area contributed by atoms with Crippen molar-refractivity contribution in [3.8, 4) is 0 Å². The minimum atomic E-state index is -0.494.